The number of nitrogens with one attached hydrogen (secondary N) is 1. The number of rotatable bonds is 4. The molecule has 10 heteroatoms. The van der Waals surface area contributed by atoms with Crippen LogP contribution in [0.5, 0.6) is 17.2 Å². The third-order valence-corrected chi connectivity index (χ3v) is 8.06. The van der Waals surface area contributed by atoms with Gasteiger partial charge in [-0.25, -0.2) is 8.42 Å². The number of carbonyl (C=O) groups is 2. The Bertz CT molecular complexity index is 1080. The van der Waals surface area contributed by atoms with Crippen LogP contribution in [0.4, 0.5) is 0 Å². The summed E-state index contributed by atoms with van der Waals surface area (Å²) in [5.41, 5.74) is -1.02. The normalized spacial score (nSPS) is 29.4. The van der Waals surface area contributed by atoms with Crippen molar-refractivity contribution >= 4 is 33.0 Å². The van der Waals surface area contributed by atoms with Crippen molar-refractivity contribution in [1.82, 2.24) is 5.32 Å². The average Bonchev–Trinajstić information content (AvgIpc) is 3.19. The van der Waals surface area contributed by atoms with E-state index in [1.54, 1.807) is 6.92 Å². The van der Waals surface area contributed by atoms with Crippen LogP contribution in [0.2, 0.25) is 5.02 Å². The van der Waals surface area contributed by atoms with Crippen LogP contribution in [-0.4, -0.2) is 57.4 Å². The minimum absolute atomic E-state index is 0.0333. The van der Waals surface area contributed by atoms with E-state index in [1.807, 2.05) is 0 Å². The van der Waals surface area contributed by atoms with Gasteiger partial charge in [-0.2, -0.15) is 0 Å². The maximum Gasteiger partial charge on any atom is 0.236 e. The van der Waals surface area contributed by atoms with Crippen molar-refractivity contribution in [3.05, 3.63) is 28.4 Å². The Morgan fingerprint density at radius 3 is 2.50 bits per heavy atom. The molecule has 1 spiro atoms. The summed E-state index contributed by atoms with van der Waals surface area (Å²) in [5, 5.41) is 3.25. The highest BCUT2D eigenvalue weighted by Crippen LogP contribution is 2.52. The molecule has 0 radical (unpaired) electrons. The molecular weight excluding hydrogens is 434 g/mol. The lowest BCUT2D eigenvalue weighted by Crippen LogP contribution is -2.55. The van der Waals surface area contributed by atoms with Gasteiger partial charge in [0.15, 0.2) is 15.6 Å². The lowest BCUT2D eigenvalue weighted by Gasteiger charge is -2.35. The van der Waals surface area contributed by atoms with Crippen LogP contribution in [0, 0.1) is 5.92 Å². The minimum Gasteiger partial charge on any atom is -0.496 e. The molecule has 1 aromatic rings. The first-order valence-electron chi connectivity index (χ1n) is 9.53. The summed E-state index contributed by atoms with van der Waals surface area (Å²) < 4.78 is 39.9. The Hall–Kier alpha value is -2.26. The molecular formula is C20H22ClNO7S. The van der Waals surface area contributed by atoms with Gasteiger partial charge in [-0.05, 0) is 12.8 Å². The maximum atomic E-state index is 13.4. The molecule has 0 bridgehead atoms. The first-order chi connectivity index (χ1) is 14.1. The molecule has 3 unspecified atom stereocenters. The summed E-state index contributed by atoms with van der Waals surface area (Å²) in [6.45, 7) is 1.75. The molecule has 1 aromatic carbocycles. The van der Waals surface area contributed by atoms with Crippen molar-refractivity contribution in [3.63, 3.8) is 0 Å². The predicted molar refractivity (Wildman–Crippen MR) is 109 cm³/mol. The van der Waals surface area contributed by atoms with E-state index < -0.39 is 32.9 Å². The van der Waals surface area contributed by atoms with Gasteiger partial charge in [0.2, 0.25) is 17.2 Å². The maximum absolute atomic E-state index is 13.4. The van der Waals surface area contributed by atoms with E-state index in [2.05, 4.69) is 5.32 Å². The summed E-state index contributed by atoms with van der Waals surface area (Å²) in [7, 11) is -0.217. The Labute approximate surface area is 179 Å². The van der Waals surface area contributed by atoms with Crippen LogP contribution in [0.1, 0.15) is 30.1 Å². The summed E-state index contributed by atoms with van der Waals surface area (Å²) in [6.07, 6.45) is 2.17. The number of hydrogen-bond donors (Lipinski definition) is 1. The van der Waals surface area contributed by atoms with Crippen LogP contribution in [-0.2, 0) is 14.6 Å². The third-order valence-electron chi connectivity index (χ3n) is 5.93. The van der Waals surface area contributed by atoms with Crippen molar-refractivity contribution < 1.29 is 32.2 Å². The second kappa shape index (κ2) is 7.16. The van der Waals surface area contributed by atoms with Crippen molar-refractivity contribution in [1.29, 1.82) is 0 Å². The number of Topliss-reactive ketones (excluding diaryl/α,β-unsaturated/α-hetero) is 1. The van der Waals surface area contributed by atoms with Gasteiger partial charge in [0.25, 0.3) is 0 Å². The number of carbonyl (C=O) groups excluding carboxylic acids is 2. The highest BCUT2D eigenvalue weighted by Gasteiger charge is 2.60. The second-order valence-electron chi connectivity index (χ2n) is 7.85. The van der Waals surface area contributed by atoms with E-state index in [0.717, 1.165) is 0 Å². The molecule has 1 N–H and O–H groups in total. The largest absolute Gasteiger partial charge is 0.496 e. The number of allylic oxidation sites excluding steroid dienone is 1. The molecule has 3 atom stereocenters. The number of ketones is 2. The van der Waals surface area contributed by atoms with Crippen LogP contribution in [0.25, 0.3) is 0 Å². The van der Waals surface area contributed by atoms with Gasteiger partial charge >= 0.3 is 0 Å². The fourth-order valence-corrected chi connectivity index (χ4v) is 6.34. The average molecular weight is 456 g/mol. The Morgan fingerprint density at radius 2 is 1.93 bits per heavy atom. The highest BCUT2D eigenvalue weighted by atomic mass is 35.5. The van der Waals surface area contributed by atoms with Gasteiger partial charge in [0.05, 0.1) is 25.7 Å². The summed E-state index contributed by atoms with van der Waals surface area (Å²) in [6, 6.07) is 1.24. The Kier molecular flexibility index (Phi) is 5.01. The van der Waals surface area contributed by atoms with Crippen LogP contribution < -0.4 is 19.5 Å². The molecule has 3 aliphatic rings. The van der Waals surface area contributed by atoms with Gasteiger partial charge in [-0.1, -0.05) is 18.5 Å². The van der Waals surface area contributed by atoms with Gasteiger partial charge in [0, 0.05) is 29.8 Å². The molecule has 2 heterocycles. The topological polar surface area (TPSA) is 108 Å². The lowest BCUT2D eigenvalue weighted by atomic mass is 9.74. The zero-order valence-electron chi connectivity index (χ0n) is 16.8. The zero-order valence-corrected chi connectivity index (χ0v) is 18.4. The van der Waals surface area contributed by atoms with E-state index in [1.165, 1.54) is 26.4 Å². The number of fused-ring (bicyclic) bond motifs is 1. The standard InChI is InChI=1S/C20H22ClNO7S/c1-10-6-12(22-11-4-5-30(25,26)9-11)7-15(23)20(10)19(24)16-13(27-2)8-14(28-3)17(21)18(16)29-20/h7-8,10-11,22H,4-6,9H2,1-3H3. The molecule has 8 nitrogen and oxygen atoms in total. The monoisotopic (exact) mass is 455 g/mol. The van der Waals surface area contributed by atoms with E-state index in [0.29, 0.717) is 18.5 Å². The zero-order chi connectivity index (χ0) is 21.8. The number of hydrogen-bond acceptors (Lipinski definition) is 8. The first kappa shape index (κ1) is 21.0. The highest BCUT2D eigenvalue weighted by molar-refractivity contribution is 7.91. The van der Waals surface area contributed by atoms with Crippen molar-refractivity contribution in [3.8, 4) is 17.2 Å². The van der Waals surface area contributed by atoms with E-state index in [9.17, 15) is 18.0 Å². The Morgan fingerprint density at radius 1 is 1.23 bits per heavy atom. The van der Waals surface area contributed by atoms with Crippen LogP contribution >= 0.6 is 11.6 Å². The van der Waals surface area contributed by atoms with Crippen molar-refractivity contribution in [2.75, 3.05) is 25.7 Å². The number of sulfone groups is 1. The molecule has 1 fully saturated rings. The van der Waals surface area contributed by atoms with E-state index >= 15 is 0 Å². The SMILES string of the molecule is COc1cc(OC)c2c(c1Cl)OC1(C(=O)C=C(NC3CCS(=O)(=O)C3)CC1C)C2=O. The molecule has 0 saturated carbocycles. The van der Waals surface area contributed by atoms with Crippen LogP contribution in [0.15, 0.2) is 17.8 Å². The second-order valence-corrected chi connectivity index (χ2v) is 10.5. The molecule has 4 rings (SSSR count). The quantitative estimate of drug-likeness (QED) is 0.686. The molecule has 30 heavy (non-hydrogen) atoms. The van der Waals surface area contributed by atoms with Gasteiger partial charge in [-0.15, -0.1) is 0 Å². The fraction of sp³-hybridized carbons (Fsp3) is 0.500. The fourth-order valence-electron chi connectivity index (χ4n) is 4.40. The van der Waals surface area contributed by atoms with Gasteiger partial charge < -0.3 is 19.5 Å². The molecule has 0 aromatic heterocycles. The summed E-state index contributed by atoms with van der Waals surface area (Å²) >= 11 is 6.36. The van der Waals surface area contributed by atoms with E-state index in [-0.39, 0.29) is 45.4 Å². The van der Waals surface area contributed by atoms with Crippen LogP contribution in [0.3, 0.4) is 0 Å². The number of methoxy groups -OCH3 is 2. The number of ether oxygens (including phenoxy) is 3. The molecule has 1 saturated heterocycles. The Balaban J connectivity index is 1.68. The molecule has 0 amide bonds. The predicted octanol–water partition coefficient (Wildman–Crippen LogP) is 1.94. The first-order valence-corrected chi connectivity index (χ1v) is 11.7. The summed E-state index contributed by atoms with van der Waals surface area (Å²) in [4.78, 5) is 26.6. The number of benzene rings is 1. The minimum atomic E-state index is -3.05. The molecule has 2 aliphatic heterocycles. The van der Waals surface area contributed by atoms with Gasteiger partial charge in [0.1, 0.15) is 22.1 Å². The molecule has 1 aliphatic carbocycles. The summed E-state index contributed by atoms with van der Waals surface area (Å²) in [5.74, 6) is -0.802. The third kappa shape index (κ3) is 3.06. The molecule has 162 valence electrons. The number of halogens is 1. The smallest absolute Gasteiger partial charge is 0.236 e. The lowest BCUT2D eigenvalue weighted by molar-refractivity contribution is -0.129. The van der Waals surface area contributed by atoms with Crippen molar-refractivity contribution in [2.45, 2.75) is 31.4 Å². The van der Waals surface area contributed by atoms with Gasteiger partial charge in [-0.3, -0.25) is 9.59 Å². The van der Waals surface area contributed by atoms with E-state index in [4.69, 9.17) is 25.8 Å². The van der Waals surface area contributed by atoms with Crippen molar-refractivity contribution in [2.24, 2.45) is 5.92 Å².